The summed E-state index contributed by atoms with van der Waals surface area (Å²) in [6.45, 7) is 4.77. The Hall–Kier alpha value is -1.75. The maximum atomic E-state index is 12.3. The molecule has 5 heteroatoms. The van der Waals surface area contributed by atoms with Crippen molar-refractivity contribution in [2.45, 2.75) is 26.1 Å². The zero-order valence-corrected chi connectivity index (χ0v) is 10.5. The lowest BCUT2D eigenvalue weighted by Gasteiger charge is -2.35. The Morgan fingerprint density at radius 3 is 2.50 bits per heavy atom. The van der Waals surface area contributed by atoms with Gasteiger partial charge < -0.3 is 19.8 Å². The van der Waals surface area contributed by atoms with Gasteiger partial charge in [-0.3, -0.25) is 4.79 Å². The first-order chi connectivity index (χ1) is 8.49. The molecule has 0 spiro atoms. The maximum Gasteiger partial charge on any atom is 0.257 e. The quantitative estimate of drug-likeness (QED) is 0.739. The van der Waals surface area contributed by atoms with Gasteiger partial charge in [0.2, 0.25) is 0 Å². The van der Waals surface area contributed by atoms with Gasteiger partial charge in [0.05, 0.1) is 17.8 Å². The summed E-state index contributed by atoms with van der Waals surface area (Å²) >= 11 is 0. The number of benzene rings is 1. The van der Waals surface area contributed by atoms with E-state index >= 15 is 0 Å². The summed E-state index contributed by atoms with van der Waals surface area (Å²) in [5.41, 5.74) is 0.122. The van der Waals surface area contributed by atoms with Crippen molar-refractivity contribution in [3.8, 4) is 11.5 Å². The van der Waals surface area contributed by atoms with E-state index in [-0.39, 0.29) is 35.2 Å². The number of nitrogens with zero attached hydrogens (tertiary/aromatic N) is 1. The molecule has 1 heterocycles. The van der Waals surface area contributed by atoms with E-state index < -0.39 is 0 Å². The fourth-order valence-electron chi connectivity index (χ4n) is 2.22. The van der Waals surface area contributed by atoms with Crippen molar-refractivity contribution < 1.29 is 19.7 Å². The second-order valence-electron chi connectivity index (χ2n) is 4.64. The van der Waals surface area contributed by atoms with Crippen LogP contribution in [0.25, 0.3) is 0 Å². The van der Waals surface area contributed by atoms with Crippen LogP contribution in [-0.2, 0) is 4.74 Å². The number of phenols is 2. The van der Waals surface area contributed by atoms with Crippen molar-refractivity contribution in [1.29, 1.82) is 0 Å². The van der Waals surface area contributed by atoms with Crippen LogP contribution in [0.5, 0.6) is 11.5 Å². The van der Waals surface area contributed by atoms with Crippen molar-refractivity contribution in [2.24, 2.45) is 0 Å². The number of hydrogen-bond donors (Lipinski definition) is 2. The Kier molecular flexibility index (Phi) is 3.43. The van der Waals surface area contributed by atoms with E-state index in [0.717, 1.165) is 0 Å². The van der Waals surface area contributed by atoms with Crippen LogP contribution in [-0.4, -0.2) is 46.3 Å². The summed E-state index contributed by atoms with van der Waals surface area (Å²) in [6.07, 6.45) is -0.0608. The van der Waals surface area contributed by atoms with Gasteiger partial charge in [0.15, 0.2) is 11.5 Å². The zero-order valence-electron chi connectivity index (χ0n) is 10.5. The topological polar surface area (TPSA) is 70.0 Å². The molecule has 1 aliphatic rings. The molecular weight excluding hydrogens is 234 g/mol. The van der Waals surface area contributed by atoms with E-state index in [0.29, 0.717) is 13.1 Å². The lowest BCUT2D eigenvalue weighted by molar-refractivity contribution is -0.0586. The van der Waals surface area contributed by atoms with Gasteiger partial charge in [-0.05, 0) is 26.0 Å². The SMILES string of the molecule is CC1CN(C(=O)c2cccc(O)c2O)CC(C)O1. The largest absolute Gasteiger partial charge is 0.504 e. The Morgan fingerprint density at radius 1 is 1.28 bits per heavy atom. The minimum atomic E-state index is -0.366. The molecule has 5 nitrogen and oxygen atoms in total. The van der Waals surface area contributed by atoms with E-state index in [4.69, 9.17) is 4.74 Å². The third-order valence-corrected chi connectivity index (χ3v) is 2.95. The normalized spacial score (nSPS) is 24.0. The van der Waals surface area contributed by atoms with Crippen molar-refractivity contribution in [3.05, 3.63) is 23.8 Å². The molecule has 0 saturated carbocycles. The molecule has 0 aliphatic carbocycles. The Bertz CT molecular complexity index is 450. The van der Waals surface area contributed by atoms with Gasteiger partial charge in [0.25, 0.3) is 5.91 Å². The first-order valence-corrected chi connectivity index (χ1v) is 5.94. The Labute approximate surface area is 106 Å². The number of para-hydroxylation sites is 1. The highest BCUT2D eigenvalue weighted by Crippen LogP contribution is 2.29. The third kappa shape index (κ3) is 2.41. The number of carbonyl (C=O) groups is 1. The van der Waals surface area contributed by atoms with Crippen LogP contribution in [0, 0.1) is 0 Å². The van der Waals surface area contributed by atoms with Gasteiger partial charge in [0, 0.05) is 13.1 Å². The first kappa shape index (κ1) is 12.7. The molecule has 1 aliphatic heterocycles. The molecule has 1 aromatic carbocycles. The molecule has 2 atom stereocenters. The number of carbonyl (C=O) groups excluding carboxylic acids is 1. The van der Waals surface area contributed by atoms with Crippen LogP contribution in [0.4, 0.5) is 0 Å². The number of amides is 1. The minimum Gasteiger partial charge on any atom is -0.504 e. The Balaban J connectivity index is 2.23. The van der Waals surface area contributed by atoms with Crippen molar-refractivity contribution >= 4 is 5.91 Å². The minimum absolute atomic E-state index is 0.0304. The van der Waals surface area contributed by atoms with E-state index in [1.807, 2.05) is 13.8 Å². The van der Waals surface area contributed by atoms with Crippen LogP contribution >= 0.6 is 0 Å². The molecule has 98 valence electrons. The molecule has 2 unspecified atom stereocenters. The highest BCUT2D eigenvalue weighted by molar-refractivity contribution is 5.97. The number of morpholine rings is 1. The lowest BCUT2D eigenvalue weighted by Crippen LogP contribution is -2.48. The molecule has 1 fully saturated rings. The predicted octanol–water partition coefficient (Wildman–Crippen LogP) is 1.35. The Morgan fingerprint density at radius 2 is 1.89 bits per heavy atom. The van der Waals surface area contributed by atoms with Crippen molar-refractivity contribution in [2.75, 3.05) is 13.1 Å². The molecule has 0 bridgehead atoms. The summed E-state index contributed by atoms with van der Waals surface area (Å²) in [5, 5.41) is 19.1. The van der Waals surface area contributed by atoms with E-state index in [1.54, 1.807) is 4.90 Å². The van der Waals surface area contributed by atoms with E-state index in [9.17, 15) is 15.0 Å². The average Bonchev–Trinajstić information content (AvgIpc) is 2.30. The molecule has 18 heavy (non-hydrogen) atoms. The molecule has 0 aromatic heterocycles. The van der Waals surface area contributed by atoms with Crippen LogP contribution in [0.3, 0.4) is 0 Å². The first-order valence-electron chi connectivity index (χ1n) is 5.94. The maximum absolute atomic E-state index is 12.3. The zero-order chi connectivity index (χ0) is 13.3. The number of ether oxygens (including phenoxy) is 1. The fraction of sp³-hybridized carbons (Fsp3) is 0.462. The molecule has 1 amide bonds. The summed E-state index contributed by atoms with van der Waals surface area (Å²) in [5.74, 6) is -0.935. The summed E-state index contributed by atoms with van der Waals surface area (Å²) in [6, 6.07) is 4.38. The number of rotatable bonds is 1. The molecule has 2 rings (SSSR count). The molecule has 0 radical (unpaired) electrons. The summed E-state index contributed by atoms with van der Waals surface area (Å²) in [4.78, 5) is 13.9. The highest BCUT2D eigenvalue weighted by atomic mass is 16.5. The molecule has 2 N–H and O–H groups in total. The van der Waals surface area contributed by atoms with Gasteiger partial charge in [-0.15, -0.1) is 0 Å². The predicted molar refractivity (Wildman–Crippen MR) is 65.7 cm³/mol. The van der Waals surface area contributed by atoms with E-state index in [2.05, 4.69) is 0 Å². The summed E-state index contributed by atoms with van der Waals surface area (Å²) in [7, 11) is 0. The van der Waals surface area contributed by atoms with Crippen LogP contribution < -0.4 is 0 Å². The van der Waals surface area contributed by atoms with Gasteiger partial charge in [-0.1, -0.05) is 6.07 Å². The fourth-order valence-corrected chi connectivity index (χ4v) is 2.22. The number of hydrogen-bond acceptors (Lipinski definition) is 4. The van der Waals surface area contributed by atoms with Crippen molar-refractivity contribution in [1.82, 2.24) is 4.90 Å². The van der Waals surface area contributed by atoms with Crippen LogP contribution in [0.2, 0.25) is 0 Å². The number of aromatic hydroxyl groups is 2. The average molecular weight is 251 g/mol. The number of phenolic OH excluding ortho intramolecular Hbond substituents is 2. The van der Waals surface area contributed by atoms with E-state index in [1.165, 1.54) is 18.2 Å². The second-order valence-corrected chi connectivity index (χ2v) is 4.64. The third-order valence-electron chi connectivity index (χ3n) is 2.95. The monoisotopic (exact) mass is 251 g/mol. The summed E-state index contributed by atoms with van der Waals surface area (Å²) < 4.78 is 5.55. The molecular formula is C13H17NO4. The smallest absolute Gasteiger partial charge is 0.257 e. The van der Waals surface area contributed by atoms with Gasteiger partial charge in [0.1, 0.15) is 0 Å². The van der Waals surface area contributed by atoms with Gasteiger partial charge in [-0.2, -0.15) is 0 Å². The van der Waals surface area contributed by atoms with Gasteiger partial charge in [-0.25, -0.2) is 0 Å². The lowest BCUT2D eigenvalue weighted by atomic mass is 10.1. The highest BCUT2D eigenvalue weighted by Gasteiger charge is 2.28. The van der Waals surface area contributed by atoms with Crippen LogP contribution in [0.15, 0.2) is 18.2 Å². The second kappa shape index (κ2) is 4.86. The van der Waals surface area contributed by atoms with Gasteiger partial charge >= 0.3 is 0 Å². The molecule has 1 saturated heterocycles. The molecule has 1 aromatic rings. The van der Waals surface area contributed by atoms with Crippen molar-refractivity contribution in [3.63, 3.8) is 0 Å². The standard InChI is InChI=1S/C13H17NO4/c1-8-6-14(7-9(2)18-8)13(17)10-4-3-5-11(15)12(10)16/h3-5,8-9,15-16H,6-7H2,1-2H3. The van der Waals surface area contributed by atoms with Crippen LogP contribution in [0.1, 0.15) is 24.2 Å².